The van der Waals surface area contributed by atoms with Gasteiger partial charge in [0.2, 0.25) is 15.9 Å². The number of amides is 1. The van der Waals surface area contributed by atoms with E-state index in [9.17, 15) is 13.2 Å². The Morgan fingerprint density at radius 3 is 2.15 bits per heavy atom. The van der Waals surface area contributed by atoms with Gasteiger partial charge in [0.15, 0.2) is 0 Å². The maximum Gasteiger partial charge on any atom is 0.241 e. The summed E-state index contributed by atoms with van der Waals surface area (Å²) < 4.78 is 28.4. The normalized spacial score (nSPS) is 23.6. The molecule has 1 saturated heterocycles. The van der Waals surface area contributed by atoms with Crippen molar-refractivity contribution in [1.29, 1.82) is 0 Å². The number of nitrogens with one attached hydrogen (secondary N) is 1. The van der Waals surface area contributed by atoms with E-state index in [0.717, 1.165) is 68.3 Å². The maximum absolute atomic E-state index is 12.8. The third-order valence-electron chi connectivity index (χ3n) is 6.05. The summed E-state index contributed by atoms with van der Waals surface area (Å²) in [6.45, 7) is 7.96. The van der Waals surface area contributed by atoms with Crippen molar-refractivity contribution in [1.82, 2.24) is 9.62 Å². The van der Waals surface area contributed by atoms with Gasteiger partial charge in [0.1, 0.15) is 0 Å². The second-order valence-corrected chi connectivity index (χ2v) is 10.0. The highest BCUT2D eigenvalue weighted by atomic mass is 32.2. The minimum atomic E-state index is -3.51. The number of nitrogens with zero attached hydrogens (tertiary/aromatic N) is 1. The molecule has 150 valence electrons. The molecule has 2 fully saturated rings. The monoisotopic (exact) mass is 392 g/mol. The highest BCUT2D eigenvalue weighted by Gasteiger charge is 2.31. The first-order chi connectivity index (χ1) is 12.8. The van der Waals surface area contributed by atoms with Crippen LogP contribution in [0, 0.1) is 32.6 Å². The van der Waals surface area contributed by atoms with Gasteiger partial charge in [-0.1, -0.05) is 17.7 Å². The molecule has 0 spiro atoms. The average molecular weight is 393 g/mol. The van der Waals surface area contributed by atoms with Crippen LogP contribution >= 0.6 is 0 Å². The summed E-state index contributed by atoms with van der Waals surface area (Å²) in [6.07, 6.45) is 5.84. The molecular formula is C21H32N2O3S. The molecule has 0 aromatic heterocycles. The number of benzene rings is 1. The van der Waals surface area contributed by atoms with Crippen LogP contribution in [0.2, 0.25) is 0 Å². The molecular weight excluding hydrogens is 360 g/mol. The van der Waals surface area contributed by atoms with Crippen molar-refractivity contribution < 1.29 is 13.2 Å². The van der Waals surface area contributed by atoms with Crippen molar-refractivity contribution >= 4 is 15.9 Å². The number of carbonyl (C=O) groups excluding carboxylic acids is 1. The first-order valence-corrected chi connectivity index (χ1v) is 11.6. The Hall–Kier alpha value is -1.40. The minimum absolute atomic E-state index is 0.137. The van der Waals surface area contributed by atoms with Crippen LogP contribution in [0.15, 0.2) is 17.0 Å². The molecule has 1 aliphatic heterocycles. The van der Waals surface area contributed by atoms with Crippen LogP contribution in [0.25, 0.3) is 0 Å². The van der Waals surface area contributed by atoms with Crippen LogP contribution in [0.1, 0.15) is 55.2 Å². The van der Waals surface area contributed by atoms with Crippen molar-refractivity contribution in [2.75, 3.05) is 19.6 Å². The molecule has 3 rings (SSSR count). The molecule has 1 aromatic rings. The summed E-state index contributed by atoms with van der Waals surface area (Å²) in [5, 5.41) is 0. The van der Waals surface area contributed by atoms with E-state index in [1.165, 1.54) is 0 Å². The fourth-order valence-corrected chi connectivity index (χ4v) is 6.26. The van der Waals surface area contributed by atoms with Crippen LogP contribution in [0.3, 0.4) is 0 Å². The lowest BCUT2D eigenvalue weighted by Gasteiger charge is -2.30. The van der Waals surface area contributed by atoms with E-state index in [1.54, 1.807) is 0 Å². The van der Waals surface area contributed by atoms with Gasteiger partial charge in [0.25, 0.3) is 0 Å². The van der Waals surface area contributed by atoms with Gasteiger partial charge in [0.05, 0.1) is 4.90 Å². The van der Waals surface area contributed by atoms with E-state index in [1.807, 2.05) is 37.8 Å². The molecule has 1 amide bonds. The number of aryl methyl sites for hydroxylation is 3. The Bertz CT molecular complexity index is 767. The topological polar surface area (TPSA) is 66.5 Å². The lowest BCUT2D eigenvalue weighted by atomic mass is 9.81. The Kier molecular flexibility index (Phi) is 6.26. The quantitative estimate of drug-likeness (QED) is 0.836. The fraction of sp³-hybridized carbons (Fsp3) is 0.667. The molecule has 27 heavy (non-hydrogen) atoms. The molecule has 6 heteroatoms. The summed E-state index contributed by atoms with van der Waals surface area (Å²) >= 11 is 0. The molecule has 0 bridgehead atoms. The zero-order chi connectivity index (χ0) is 19.6. The molecule has 0 atom stereocenters. The SMILES string of the molecule is Cc1cc(C)c(S(=O)(=O)NCC2CCC(C(=O)N3CCCC3)CC2)c(C)c1. The summed E-state index contributed by atoms with van der Waals surface area (Å²) in [6, 6.07) is 3.83. The Morgan fingerprint density at radius 1 is 1.04 bits per heavy atom. The van der Waals surface area contributed by atoms with Crippen LogP contribution in [0.4, 0.5) is 0 Å². The zero-order valence-corrected chi connectivity index (χ0v) is 17.6. The number of likely N-dealkylation sites (tertiary alicyclic amines) is 1. The van der Waals surface area contributed by atoms with Gasteiger partial charge in [-0.05, 0) is 76.3 Å². The van der Waals surface area contributed by atoms with E-state index < -0.39 is 10.0 Å². The molecule has 0 unspecified atom stereocenters. The third kappa shape index (κ3) is 4.72. The van der Waals surface area contributed by atoms with Crippen molar-refractivity contribution in [3.63, 3.8) is 0 Å². The van der Waals surface area contributed by atoms with Crippen LogP contribution in [-0.2, 0) is 14.8 Å². The number of sulfonamides is 1. The zero-order valence-electron chi connectivity index (χ0n) is 16.8. The van der Waals surface area contributed by atoms with Gasteiger partial charge >= 0.3 is 0 Å². The van der Waals surface area contributed by atoms with Crippen LogP contribution < -0.4 is 4.72 Å². The van der Waals surface area contributed by atoms with Crippen molar-refractivity contribution in [3.05, 3.63) is 28.8 Å². The van der Waals surface area contributed by atoms with E-state index in [2.05, 4.69) is 4.72 Å². The smallest absolute Gasteiger partial charge is 0.241 e. The van der Waals surface area contributed by atoms with Crippen LogP contribution in [-0.4, -0.2) is 38.9 Å². The van der Waals surface area contributed by atoms with Gasteiger partial charge < -0.3 is 4.90 Å². The largest absolute Gasteiger partial charge is 0.342 e. The Labute approximate surface area is 163 Å². The van der Waals surface area contributed by atoms with E-state index in [-0.39, 0.29) is 5.92 Å². The minimum Gasteiger partial charge on any atom is -0.342 e. The first kappa shape index (κ1) is 20.3. The Morgan fingerprint density at radius 2 is 1.59 bits per heavy atom. The summed E-state index contributed by atoms with van der Waals surface area (Å²) in [7, 11) is -3.51. The second kappa shape index (κ2) is 8.31. The first-order valence-electron chi connectivity index (χ1n) is 10.1. The van der Waals surface area contributed by atoms with Gasteiger partial charge in [-0.25, -0.2) is 13.1 Å². The predicted molar refractivity (Wildman–Crippen MR) is 107 cm³/mol. The molecule has 1 N–H and O–H groups in total. The molecule has 1 aliphatic carbocycles. The molecule has 0 radical (unpaired) electrons. The highest BCUT2D eigenvalue weighted by molar-refractivity contribution is 7.89. The van der Waals surface area contributed by atoms with Gasteiger partial charge in [-0.15, -0.1) is 0 Å². The summed E-state index contributed by atoms with van der Waals surface area (Å²) in [4.78, 5) is 14.9. The number of hydrogen-bond acceptors (Lipinski definition) is 3. The van der Waals surface area contributed by atoms with Gasteiger partial charge in [-0.2, -0.15) is 0 Å². The number of hydrogen-bond donors (Lipinski definition) is 1. The average Bonchev–Trinajstić information content (AvgIpc) is 3.13. The Balaban J connectivity index is 1.54. The molecule has 1 aromatic carbocycles. The standard InChI is InChI=1S/C21H32N2O3S/c1-15-12-16(2)20(17(3)13-15)27(25,26)22-14-18-6-8-19(9-7-18)21(24)23-10-4-5-11-23/h12-13,18-19,22H,4-11,14H2,1-3H3. The second-order valence-electron chi connectivity index (χ2n) is 8.33. The summed E-state index contributed by atoms with van der Waals surface area (Å²) in [5.41, 5.74) is 2.66. The van der Waals surface area contributed by atoms with Crippen molar-refractivity contribution in [2.45, 2.75) is 64.2 Å². The van der Waals surface area contributed by atoms with E-state index in [4.69, 9.17) is 0 Å². The van der Waals surface area contributed by atoms with E-state index >= 15 is 0 Å². The molecule has 1 heterocycles. The number of carbonyl (C=O) groups is 1. The van der Waals surface area contributed by atoms with Gasteiger partial charge in [0, 0.05) is 25.6 Å². The van der Waals surface area contributed by atoms with Gasteiger partial charge in [-0.3, -0.25) is 4.79 Å². The molecule has 5 nitrogen and oxygen atoms in total. The lowest BCUT2D eigenvalue weighted by molar-refractivity contribution is -0.135. The highest BCUT2D eigenvalue weighted by Crippen LogP contribution is 2.31. The van der Waals surface area contributed by atoms with Crippen molar-refractivity contribution in [3.8, 4) is 0 Å². The fourth-order valence-electron chi connectivity index (χ4n) is 4.70. The summed E-state index contributed by atoms with van der Waals surface area (Å²) in [5.74, 6) is 0.767. The molecule has 1 saturated carbocycles. The predicted octanol–water partition coefficient (Wildman–Crippen LogP) is 3.32. The number of rotatable bonds is 5. The van der Waals surface area contributed by atoms with E-state index in [0.29, 0.717) is 23.3 Å². The maximum atomic E-state index is 12.8. The third-order valence-corrected chi connectivity index (χ3v) is 7.78. The lowest BCUT2D eigenvalue weighted by Crippen LogP contribution is -2.37. The van der Waals surface area contributed by atoms with Crippen molar-refractivity contribution in [2.24, 2.45) is 11.8 Å². The van der Waals surface area contributed by atoms with Crippen LogP contribution in [0.5, 0.6) is 0 Å². The molecule has 2 aliphatic rings.